The Bertz CT molecular complexity index is 2670. The molecule has 514 valence electrons. The van der Waals surface area contributed by atoms with Crippen LogP contribution in [-0.2, 0) is 42.7 Å². The fourth-order valence-electron chi connectivity index (χ4n) is 24.7. The lowest BCUT2D eigenvalue weighted by Crippen LogP contribution is -2.53. The molecule has 0 amide bonds. The van der Waals surface area contributed by atoms with Crippen molar-refractivity contribution in [3.63, 3.8) is 0 Å². The van der Waals surface area contributed by atoms with Crippen LogP contribution in [-0.4, -0.2) is 105 Å². The van der Waals surface area contributed by atoms with Crippen LogP contribution in [0.2, 0.25) is 0 Å². The van der Waals surface area contributed by atoms with Gasteiger partial charge in [-0.3, -0.25) is 0 Å². The van der Waals surface area contributed by atoms with Crippen LogP contribution in [0.4, 0.5) is 0 Å². The summed E-state index contributed by atoms with van der Waals surface area (Å²) >= 11 is 7.23. The van der Waals surface area contributed by atoms with Crippen LogP contribution < -0.4 is 0 Å². The molecule has 12 aliphatic carbocycles. The molecule has 0 spiro atoms. The Hall–Kier alpha value is -1.07. The summed E-state index contributed by atoms with van der Waals surface area (Å²) in [4.78, 5) is 17.0. The molecule has 16 rings (SSSR count). The van der Waals surface area contributed by atoms with Gasteiger partial charge in [-0.25, -0.2) is 0 Å². The van der Waals surface area contributed by atoms with Gasteiger partial charge in [-0.1, -0.05) is 99.7 Å². The summed E-state index contributed by atoms with van der Waals surface area (Å²) in [5.74, 6) is 6.07. The first-order chi connectivity index (χ1) is 44.8. The number of aliphatic hydroxyl groups is 2. The minimum absolute atomic E-state index is 0.00496. The Morgan fingerprint density at radius 1 is 0.413 bits per heavy atom. The van der Waals surface area contributed by atoms with E-state index in [4.69, 9.17) is 37.9 Å². The SMILES string of the molecule is C[C@]12CCC3C(CC=C4C[C@@H](O)CC[C@@]43/C=C\Br)C1CC[C@@H]2O.C[C@]12CCC3C(CC=C4C[C@@H](OC5CCCCO5)CC[C@@]43C=CBr)C1CC[C@@H]2OC1CCCCO1.C[C@]12CCC3C(CC=C4C[C@@H](OC5CCCCO5)CC[C@@]43C=O)C1CC[C@@H]2OC1CCCCO1. The van der Waals surface area contributed by atoms with E-state index in [0.29, 0.717) is 59.2 Å². The van der Waals surface area contributed by atoms with E-state index >= 15 is 0 Å². The smallest absolute Gasteiger partial charge is 0.157 e. The normalized spacial score (nSPS) is 49.6. The summed E-state index contributed by atoms with van der Waals surface area (Å²) in [7, 11) is 0. The number of hydrogen-bond donors (Lipinski definition) is 2. The average molecular weight is 1400 g/mol. The third-order valence-corrected chi connectivity index (χ3v) is 30.1. The summed E-state index contributed by atoms with van der Waals surface area (Å²) in [6, 6.07) is 0. The van der Waals surface area contributed by atoms with Crippen LogP contribution in [0.3, 0.4) is 0 Å². The molecule has 25 atom stereocenters. The molecule has 0 bridgehead atoms. The van der Waals surface area contributed by atoms with Crippen molar-refractivity contribution in [2.24, 2.45) is 85.8 Å². The number of aliphatic hydroxyl groups excluding tert-OH is 2. The van der Waals surface area contributed by atoms with Crippen molar-refractivity contribution >= 4 is 38.1 Å². The van der Waals surface area contributed by atoms with Gasteiger partial charge in [0.1, 0.15) is 6.29 Å². The van der Waals surface area contributed by atoms with Crippen molar-refractivity contribution in [3.8, 4) is 0 Å². The van der Waals surface area contributed by atoms with Crippen molar-refractivity contribution in [2.75, 3.05) is 26.4 Å². The van der Waals surface area contributed by atoms with Crippen molar-refractivity contribution < 1.29 is 52.9 Å². The second-order valence-corrected chi connectivity index (χ2v) is 34.6. The Labute approximate surface area is 570 Å². The van der Waals surface area contributed by atoms with E-state index < -0.39 is 0 Å². The fourth-order valence-corrected chi connectivity index (χ4v) is 25.6. The molecule has 4 aliphatic heterocycles. The van der Waals surface area contributed by atoms with E-state index in [1.54, 1.807) is 5.57 Å². The molecule has 9 saturated carbocycles. The molecule has 13 fully saturated rings. The lowest BCUT2D eigenvalue weighted by atomic mass is 9.47. The molecular formula is C79H118Br2O11. The van der Waals surface area contributed by atoms with E-state index in [1.165, 1.54) is 120 Å². The zero-order chi connectivity index (χ0) is 63.3. The zero-order valence-electron chi connectivity index (χ0n) is 56.7. The molecule has 4 heterocycles. The van der Waals surface area contributed by atoms with Gasteiger partial charge < -0.3 is 52.9 Å². The first-order valence-electron chi connectivity index (χ1n) is 38.3. The highest BCUT2D eigenvalue weighted by atomic mass is 79.9. The maximum atomic E-state index is 12.8. The number of ether oxygens (including phenoxy) is 8. The summed E-state index contributed by atoms with van der Waals surface area (Å²) in [6.07, 6.45) is 55.5. The summed E-state index contributed by atoms with van der Waals surface area (Å²) in [5.41, 5.74) is 5.25. The maximum Gasteiger partial charge on any atom is 0.157 e. The van der Waals surface area contributed by atoms with E-state index in [-0.39, 0.29) is 70.5 Å². The van der Waals surface area contributed by atoms with Crippen LogP contribution in [0.15, 0.2) is 57.1 Å². The van der Waals surface area contributed by atoms with Gasteiger partial charge in [-0.15, -0.1) is 0 Å². The lowest BCUT2D eigenvalue weighted by molar-refractivity contribution is -0.216. The predicted octanol–water partition coefficient (Wildman–Crippen LogP) is 18.2. The van der Waals surface area contributed by atoms with E-state index in [0.717, 1.165) is 173 Å². The summed E-state index contributed by atoms with van der Waals surface area (Å²) in [5, 5.41) is 20.7. The van der Waals surface area contributed by atoms with Gasteiger partial charge in [-0.05, 0) is 311 Å². The maximum absolute atomic E-state index is 12.8. The van der Waals surface area contributed by atoms with Crippen LogP contribution in [0.1, 0.15) is 252 Å². The van der Waals surface area contributed by atoms with Crippen molar-refractivity contribution in [2.45, 2.75) is 314 Å². The molecule has 4 saturated heterocycles. The molecule has 0 aromatic rings. The van der Waals surface area contributed by atoms with Crippen LogP contribution in [0.5, 0.6) is 0 Å². The van der Waals surface area contributed by atoms with E-state index in [2.05, 4.69) is 93.0 Å². The average Bonchev–Trinajstić information content (AvgIpc) is 1.32. The number of carbonyl (C=O) groups is 1. The van der Waals surface area contributed by atoms with Gasteiger partial charge in [0.25, 0.3) is 0 Å². The molecule has 0 aromatic heterocycles. The van der Waals surface area contributed by atoms with E-state index in [1.807, 2.05) is 0 Å². The monoisotopic (exact) mass is 1400 g/mol. The lowest BCUT2D eigenvalue weighted by Gasteiger charge is -2.58. The second-order valence-electron chi connectivity index (χ2n) is 33.6. The number of carbonyl (C=O) groups excluding carboxylic acids is 1. The minimum Gasteiger partial charge on any atom is -0.393 e. The number of hydrogen-bond acceptors (Lipinski definition) is 11. The minimum atomic E-state index is -0.261. The third-order valence-electron chi connectivity index (χ3n) is 29.6. The summed E-state index contributed by atoms with van der Waals surface area (Å²) in [6.45, 7) is 10.8. The first-order valence-corrected chi connectivity index (χ1v) is 40.1. The molecule has 13 heteroatoms. The van der Waals surface area contributed by atoms with Gasteiger partial charge in [0.15, 0.2) is 25.2 Å². The fraction of sp³-hybridized carbons (Fsp3) is 0.861. The van der Waals surface area contributed by atoms with Crippen molar-refractivity contribution in [1.82, 2.24) is 0 Å². The number of aldehydes is 1. The highest BCUT2D eigenvalue weighted by Gasteiger charge is 2.64. The molecule has 0 radical (unpaired) electrons. The van der Waals surface area contributed by atoms with Crippen molar-refractivity contribution in [3.05, 3.63) is 57.1 Å². The predicted molar refractivity (Wildman–Crippen MR) is 366 cm³/mol. The Morgan fingerprint density at radius 2 is 0.793 bits per heavy atom. The molecule has 2 N–H and O–H groups in total. The largest absolute Gasteiger partial charge is 0.393 e. The van der Waals surface area contributed by atoms with Crippen LogP contribution in [0.25, 0.3) is 0 Å². The van der Waals surface area contributed by atoms with Gasteiger partial charge in [0.05, 0.1) is 42.0 Å². The molecule has 0 aromatic carbocycles. The van der Waals surface area contributed by atoms with Crippen LogP contribution in [0, 0.1) is 85.8 Å². The van der Waals surface area contributed by atoms with Gasteiger partial charge >= 0.3 is 0 Å². The molecular weight excluding hydrogens is 1280 g/mol. The zero-order valence-corrected chi connectivity index (χ0v) is 59.9. The van der Waals surface area contributed by atoms with E-state index in [9.17, 15) is 15.0 Å². The number of halogens is 2. The Morgan fingerprint density at radius 3 is 1.23 bits per heavy atom. The van der Waals surface area contributed by atoms with Crippen molar-refractivity contribution in [1.29, 1.82) is 0 Å². The molecule has 16 aliphatic rings. The Kier molecular flexibility index (Phi) is 21.4. The number of fused-ring (bicyclic) bond motifs is 15. The summed E-state index contributed by atoms with van der Waals surface area (Å²) < 4.78 is 49.8. The molecule has 13 unspecified atom stereocenters. The van der Waals surface area contributed by atoms with Crippen LogP contribution >= 0.6 is 31.9 Å². The number of allylic oxidation sites excluding steroid dienone is 5. The Balaban J connectivity index is 0.000000123. The topological polar surface area (TPSA) is 131 Å². The second kappa shape index (κ2) is 28.9. The quantitative estimate of drug-likeness (QED) is 0.151. The van der Waals surface area contributed by atoms with Gasteiger partial charge in [-0.2, -0.15) is 0 Å². The highest BCUT2D eigenvalue weighted by molar-refractivity contribution is 9.11. The number of rotatable bonds is 11. The third kappa shape index (κ3) is 12.8. The molecule has 11 nitrogen and oxygen atoms in total. The van der Waals surface area contributed by atoms with Gasteiger partial charge in [0, 0.05) is 37.3 Å². The molecule has 92 heavy (non-hydrogen) atoms. The van der Waals surface area contributed by atoms with Gasteiger partial charge in [0.2, 0.25) is 0 Å². The standard InChI is InChI=1S/C30H45BrO4.C29H44O5.C20H29BrO2/c1-29-14-13-25-23(24(29)10-11-26(29)35-28-7-3-5-19-33-28)9-8-21-20-22(12-15-30(21,25)16-17-31)34-27-6-2-4-18-32-27;1-28-14-13-24-22(23(28)10-11-25(28)34-27-7-3-5-17-32-27)9-8-20-18-21(12-15-29(20,24)19-30)33-26-6-2-4-16-31-26;1-19-8-7-17-15(16(19)4-5-18(19)23)3-2-13-12-14(22)6-9-20(13,17)10-11-21/h8,16-17,22-28H,2-7,9-15,18-20H2,1H3;8,19,21-27H,2-7,9-18H2,1H3;2,10-11,14-18,22-23H,3-9,12H2,1H3/b;;11-10-/t22-,23?,24?,25?,26-,27?,28?,29-,30+;21-,22?,23?,24?,25-,26?,27?,28-,29+;14-,15?,16?,17?,18-,19-,20+/m000/s1. The first kappa shape index (κ1) is 68.1. The highest BCUT2D eigenvalue weighted by Crippen LogP contribution is 2.69.